The van der Waals surface area contributed by atoms with E-state index in [4.69, 9.17) is 5.11 Å². The zero-order valence-electron chi connectivity index (χ0n) is 10.9. The highest BCUT2D eigenvalue weighted by Crippen LogP contribution is 2.21. The summed E-state index contributed by atoms with van der Waals surface area (Å²) in [5.74, 6) is -1.15. The van der Waals surface area contributed by atoms with E-state index in [1.165, 1.54) is 0 Å². The Morgan fingerprint density at radius 2 is 1.71 bits per heavy atom. The number of carboxylic acid groups (broad SMARTS) is 1. The molecule has 98 valence electrons. The van der Waals surface area contributed by atoms with E-state index < -0.39 is 5.97 Å². The zero-order valence-corrected chi connectivity index (χ0v) is 10.9. The highest BCUT2D eigenvalue weighted by molar-refractivity contribution is 6.37. The molecule has 0 amide bonds. The molecule has 0 radical (unpaired) electrons. The van der Waals surface area contributed by atoms with Gasteiger partial charge in [0, 0.05) is 19.3 Å². The van der Waals surface area contributed by atoms with Gasteiger partial charge in [0.25, 0.3) is 0 Å². The predicted molar refractivity (Wildman–Crippen MR) is 64.7 cm³/mol. The van der Waals surface area contributed by atoms with Crippen molar-refractivity contribution in [3.63, 3.8) is 0 Å². The Morgan fingerprint density at radius 1 is 1.12 bits per heavy atom. The van der Waals surface area contributed by atoms with Crippen molar-refractivity contribution < 1.29 is 19.5 Å². The summed E-state index contributed by atoms with van der Waals surface area (Å²) in [6.07, 6.45) is 1.74. The van der Waals surface area contributed by atoms with E-state index in [1.54, 1.807) is 6.92 Å². The van der Waals surface area contributed by atoms with Crippen LogP contribution < -0.4 is 0 Å². The number of rotatable bonds is 9. The molecule has 0 aromatic carbocycles. The molecule has 1 atom stereocenters. The molecule has 0 aliphatic heterocycles. The Morgan fingerprint density at radius 3 is 2.12 bits per heavy atom. The monoisotopic (exact) mass is 242 g/mol. The molecule has 0 spiro atoms. The second kappa shape index (κ2) is 7.98. The minimum absolute atomic E-state index is 0.00843. The summed E-state index contributed by atoms with van der Waals surface area (Å²) in [6, 6.07) is 0. The number of carbonyl (C=O) groups is 3. The van der Waals surface area contributed by atoms with E-state index in [1.807, 2.05) is 13.8 Å². The number of hydrogen-bond acceptors (Lipinski definition) is 3. The van der Waals surface area contributed by atoms with Gasteiger partial charge in [0.15, 0.2) is 11.6 Å². The van der Waals surface area contributed by atoms with Crippen LogP contribution in [0.5, 0.6) is 0 Å². The predicted octanol–water partition coefficient (Wildman–Crippen LogP) is 2.45. The summed E-state index contributed by atoms with van der Waals surface area (Å²) in [6.45, 7) is 5.72. The number of carboxylic acids is 1. The molecular formula is C13H22O4. The Kier molecular flexibility index (Phi) is 7.42. The number of hydrogen-bond donors (Lipinski definition) is 1. The first-order valence-electron chi connectivity index (χ1n) is 6.14. The van der Waals surface area contributed by atoms with Gasteiger partial charge in [0.1, 0.15) is 0 Å². The Balaban J connectivity index is 4.31. The summed E-state index contributed by atoms with van der Waals surface area (Å²) in [7, 11) is 0. The molecule has 0 saturated carbocycles. The smallest absolute Gasteiger partial charge is 0.303 e. The molecule has 0 aliphatic carbocycles. The molecule has 0 fully saturated rings. The van der Waals surface area contributed by atoms with E-state index in [0.29, 0.717) is 12.3 Å². The summed E-state index contributed by atoms with van der Waals surface area (Å²) >= 11 is 0. The van der Waals surface area contributed by atoms with Gasteiger partial charge >= 0.3 is 5.97 Å². The lowest BCUT2D eigenvalue weighted by atomic mass is 9.88. The van der Waals surface area contributed by atoms with Gasteiger partial charge in [-0.2, -0.15) is 0 Å². The van der Waals surface area contributed by atoms with Crippen LogP contribution in [-0.2, 0) is 14.4 Å². The van der Waals surface area contributed by atoms with Crippen molar-refractivity contribution in [3.8, 4) is 0 Å². The van der Waals surface area contributed by atoms with Crippen molar-refractivity contribution in [3.05, 3.63) is 0 Å². The van der Waals surface area contributed by atoms with Gasteiger partial charge in [-0.3, -0.25) is 14.4 Å². The molecular weight excluding hydrogens is 220 g/mol. The molecule has 17 heavy (non-hydrogen) atoms. The number of aliphatic carboxylic acids is 1. The van der Waals surface area contributed by atoms with Gasteiger partial charge < -0.3 is 5.11 Å². The standard InChI is InChI=1S/C13H22O4/c1-4-11(14)12(15)8-10(7-9(2)3)5-6-13(16)17/h9-10H,4-8H2,1-3H3,(H,16,17)/t10-/m1/s1. The summed E-state index contributed by atoms with van der Waals surface area (Å²) in [4.78, 5) is 33.2. The Hall–Kier alpha value is -1.19. The average molecular weight is 242 g/mol. The molecule has 4 heteroatoms. The van der Waals surface area contributed by atoms with Crippen LogP contribution in [0.15, 0.2) is 0 Å². The van der Waals surface area contributed by atoms with Crippen molar-refractivity contribution >= 4 is 17.5 Å². The fourth-order valence-electron chi connectivity index (χ4n) is 1.87. The van der Waals surface area contributed by atoms with Crippen molar-refractivity contribution in [2.45, 2.75) is 52.9 Å². The largest absolute Gasteiger partial charge is 0.481 e. The molecule has 0 rings (SSSR count). The first-order valence-corrected chi connectivity index (χ1v) is 6.14. The van der Waals surface area contributed by atoms with Gasteiger partial charge in [-0.05, 0) is 24.7 Å². The van der Waals surface area contributed by atoms with E-state index in [9.17, 15) is 14.4 Å². The molecule has 0 aromatic rings. The summed E-state index contributed by atoms with van der Waals surface area (Å²) in [5, 5.41) is 8.63. The van der Waals surface area contributed by atoms with Crippen LogP contribution in [0.2, 0.25) is 0 Å². The SMILES string of the molecule is CCC(=O)C(=O)C[C@H](CCC(=O)O)CC(C)C. The Bertz CT molecular complexity index is 281. The number of carbonyl (C=O) groups excluding carboxylic acids is 2. The van der Waals surface area contributed by atoms with Gasteiger partial charge in [0.2, 0.25) is 0 Å². The second-order valence-electron chi connectivity index (χ2n) is 4.83. The van der Waals surface area contributed by atoms with Crippen LogP contribution in [0, 0.1) is 11.8 Å². The van der Waals surface area contributed by atoms with Crippen LogP contribution in [0.3, 0.4) is 0 Å². The minimum atomic E-state index is -0.854. The van der Waals surface area contributed by atoms with Crippen molar-refractivity contribution in [1.29, 1.82) is 0 Å². The lowest BCUT2D eigenvalue weighted by Gasteiger charge is -2.16. The van der Waals surface area contributed by atoms with Crippen LogP contribution in [-0.4, -0.2) is 22.6 Å². The lowest BCUT2D eigenvalue weighted by molar-refractivity contribution is -0.138. The van der Waals surface area contributed by atoms with E-state index >= 15 is 0 Å². The lowest BCUT2D eigenvalue weighted by Crippen LogP contribution is -2.19. The highest BCUT2D eigenvalue weighted by Gasteiger charge is 2.20. The topological polar surface area (TPSA) is 71.4 Å². The van der Waals surface area contributed by atoms with Crippen LogP contribution in [0.25, 0.3) is 0 Å². The van der Waals surface area contributed by atoms with Crippen LogP contribution in [0.1, 0.15) is 52.9 Å². The maximum absolute atomic E-state index is 11.5. The molecule has 0 aromatic heterocycles. The first kappa shape index (κ1) is 15.8. The van der Waals surface area contributed by atoms with Crippen molar-refractivity contribution in [2.75, 3.05) is 0 Å². The first-order chi connectivity index (χ1) is 7.86. The fourth-order valence-corrected chi connectivity index (χ4v) is 1.87. The normalized spacial score (nSPS) is 12.5. The van der Waals surface area contributed by atoms with Crippen molar-refractivity contribution in [1.82, 2.24) is 0 Å². The molecule has 0 saturated heterocycles. The Labute approximate surface area is 102 Å². The molecule has 0 unspecified atom stereocenters. The van der Waals surface area contributed by atoms with Gasteiger partial charge in [-0.25, -0.2) is 0 Å². The molecule has 0 aliphatic rings. The van der Waals surface area contributed by atoms with E-state index in [2.05, 4.69) is 0 Å². The molecule has 0 heterocycles. The molecule has 4 nitrogen and oxygen atoms in total. The maximum atomic E-state index is 11.5. The molecule has 0 bridgehead atoms. The fraction of sp³-hybridized carbons (Fsp3) is 0.769. The average Bonchev–Trinajstić information content (AvgIpc) is 2.23. The van der Waals surface area contributed by atoms with E-state index in [-0.39, 0.29) is 36.7 Å². The second-order valence-corrected chi connectivity index (χ2v) is 4.83. The summed E-state index contributed by atoms with van der Waals surface area (Å²) < 4.78 is 0. The summed E-state index contributed by atoms with van der Waals surface area (Å²) in [5.41, 5.74) is 0. The van der Waals surface area contributed by atoms with Gasteiger partial charge in [0.05, 0.1) is 0 Å². The number of ketones is 2. The molecule has 1 N–H and O–H groups in total. The third-order valence-electron chi connectivity index (χ3n) is 2.68. The van der Waals surface area contributed by atoms with Crippen molar-refractivity contribution in [2.24, 2.45) is 11.8 Å². The maximum Gasteiger partial charge on any atom is 0.303 e. The quantitative estimate of drug-likeness (QED) is 0.630. The third-order valence-corrected chi connectivity index (χ3v) is 2.68. The van der Waals surface area contributed by atoms with Gasteiger partial charge in [-0.1, -0.05) is 20.8 Å². The number of Topliss-reactive ketones (excluding diaryl/α,β-unsaturated/α-hetero) is 2. The van der Waals surface area contributed by atoms with E-state index in [0.717, 1.165) is 6.42 Å². The van der Waals surface area contributed by atoms with Crippen LogP contribution >= 0.6 is 0 Å². The van der Waals surface area contributed by atoms with Gasteiger partial charge in [-0.15, -0.1) is 0 Å². The highest BCUT2D eigenvalue weighted by atomic mass is 16.4. The third kappa shape index (κ3) is 7.66. The zero-order chi connectivity index (χ0) is 13.4. The minimum Gasteiger partial charge on any atom is -0.481 e. The van der Waals surface area contributed by atoms with Crippen LogP contribution in [0.4, 0.5) is 0 Å².